The standard InChI is InChI=1S/2C2H5.CH3NS2.La/c2*1-2;2-1(3)4;/h2*1H2,2H3;(H3,2,3,4);/q2*-1;;+3/p-1. The summed E-state index contributed by atoms with van der Waals surface area (Å²) in [5.74, 6) is 0. The summed E-state index contributed by atoms with van der Waals surface area (Å²) >= 11 is 8.26. The van der Waals surface area contributed by atoms with Crippen molar-refractivity contribution in [1.82, 2.24) is 0 Å². The summed E-state index contributed by atoms with van der Waals surface area (Å²) in [6.45, 7) is 10.0. The van der Waals surface area contributed by atoms with Crippen molar-refractivity contribution in [1.29, 1.82) is 0 Å². The maximum atomic E-state index is 4.66. The molecule has 0 aromatic heterocycles. The molecule has 0 aromatic carbocycles. The van der Waals surface area contributed by atoms with E-state index in [-0.39, 0.29) is 39.9 Å². The first-order chi connectivity index (χ1) is 3.73. The van der Waals surface area contributed by atoms with Crippen LogP contribution in [0.5, 0.6) is 0 Å². The normalized spacial score (nSPS) is 4.00. The summed E-state index contributed by atoms with van der Waals surface area (Å²) < 4.78 is 0.0833. The molecule has 0 amide bonds. The van der Waals surface area contributed by atoms with E-state index in [1.807, 2.05) is 0 Å². The molecule has 0 rings (SSSR count). The van der Waals surface area contributed by atoms with E-state index in [4.69, 9.17) is 0 Å². The Balaban J connectivity index is -0.0000000221. The minimum absolute atomic E-state index is 0. The van der Waals surface area contributed by atoms with Crippen molar-refractivity contribution >= 4 is 29.2 Å². The third-order valence-corrected chi connectivity index (χ3v) is 0. The molecule has 0 bridgehead atoms. The topological polar surface area (TPSA) is 26.0 Å². The first-order valence-electron chi connectivity index (χ1n) is 2.11. The number of rotatable bonds is 0. The summed E-state index contributed by atoms with van der Waals surface area (Å²) in [7, 11) is 0. The van der Waals surface area contributed by atoms with Gasteiger partial charge in [-0.1, -0.05) is 4.32 Å². The van der Waals surface area contributed by atoms with Gasteiger partial charge in [0.2, 0.25) is 0 Å². The van der Waals surface area contributed by atoms with Crippen LogP contribution in [0, 0.1) is 49.4 Å². The van der Waals surface area contributed by atoms with Crippen LogP contribution in [0.3, 0.4) is 0 Å². The fourth-order valence-corrected chi connectivity index (χ4v) is 0. The van der Waals surface area contributed by atoms with Crippen LogP contribution in [0.25, 0.3) is 0 Å². The molecule has 0 aromatic rings. The average molecular weight is 289 g/mol. The van der Waals surface area contributed by atoms with Crippen molar-refractivity contribution in [3.05, 3.63) is 13.8 Å². The summed E-state index contributed by atoms with van der Waals surface area (Å²) in [5.41, 5.74) is 4.66. The van der Waals surface area contributed by atoms with Gasteiger partial charge in [0.15, 0.2) is 0 Å². The number of nitrogens with two attached hydrogens (primary N) is 1. The maximum Gasteiger partial charge on any atom is 3.00 e. The van der Waals surface area contributed by atoms with E-state index < -0.39 is 0 Å². The van der Waals surface area contributed by atoms with E-state index in [0.29, 0.717) is 0 Å². The predicted molar refractivity (Wildman–Crippen MR) is 46.2 cm³/mol. The molecule has 52 valence electrons. The molecule has 0 radical (unpaired) electrons. The van der Waals surface area contributed by atoms with Gasteiger partial charge in [0, 0.05) is 0 Å². The zero-order valence-electron chi connectivity index (χ0n) is 5.89. The van der Waals surface area contributed by atoms with Crippen molar-refractivity contribution in [2.24, 2.45) is 5.73 Å². The maximum absolute atomic E-state index is 4.66. The van der Waals surface area contributed by atoms with Gasteiger partial charge in [0.1, 0.15) is 0 Å². The molecule has 9 heavy (non-hydrogen) atoms. The Morgan fingerprint density at radius 3 is 1.33 bits per heavy atom. The second-order valence-electron chi connectivity index (χ2n) is 0.319. The fraction of sp³-hybridized carbons (Fsp3) is 0.400. The van der Waals surface area contributed by atoms with Crippen molar-refractivity contribution in [3.8, 4) is 0 Å². The molecule has 4 heteroatoms. The van der Waals surface area contributed by atoms with E-state index in [9.17, 15) is 0 Å². The molecular formula is C5H12LaNS2. The van der Waals surface area contributed by atoms with Crippen LogP contribution in [0.1, 0.15) is 13.8 Å². The van der Waals surface area contributed by atoms with Crippen molar-refractivity contribution in [2.75, 3.05) is 0 Å². The SMILES string of the molecule is NC(=S)[S-].[CH2-]C.[CH2-]C.[La+3]. The van der Waals surface area contributed by atoms with Crippen molar-refractivity contribution < 1.29 is 35.6 Å². The average Bonchev–Trinajstić information content (AvgIpc) is 1.75. The van der Waals surface area contributed by atoms with Gasteiger partial charge in [-0.25, -0.2) is 0 Å². The molecule has 1 nitrogen and oxygen atoms in total. The molecule has 0 heterocycles. The minimum atomic E-state index is 0. The summed E-state index contributed by atoms with van der Waals surface area (Å²) in [4.78, 5) is 0. The summed E-state index contributed by atoms with van der Waals surface area (Å²) in [5, 5.41) is 0. The van der Waals surface area contributed by atoms with Crippen LogP contribution in [-0.4, -0.2) is 4.32 Å². The monoisotopic (exact) mass is 289 g/mol. The van der Waals surface area contributed by atoms with Crippen LogP contribution in [-0.2, 0) is 12.6 Å². The Labute approximate surface area is 97.2 Å². The summed E-state index contributed by atoms with van der Waals surface area (Å²) in [6, 6.07) is 0. The smallest absolute Gasteiger partial charge is 0.415 e. The third kappa shape index (κ3) is 292. The molecular weight excluding hydrogens is 277 g/mol. The molecule has 0 aliphatic carbocycles. The van der Waals surface area contributed by atoms with E-state index in [1.54, 1.807) is 13.8 Å². The van der Waals surface area contributed by atoms with E-state index in [0.717, 1.165) is 0 Å². The Bertz CT molecular complexity index is 37.9. The zero-order chi connectivity index (χ0) is 7.58. The van der Waals surface area contributed by atoms with Gasteiger partial charge < -0.3 is 44.4 Å². The Morgan fingerprint density at radius 1 is 1.33 bits per heavy atom. The predicted octanol–water partition coefficient (Wildman–Crippen LogP) is 1.46. The van der Waals surface area contributed by atoms with Gasteiger partial charge in [-0.2, -0.15) is 13.8 Å². The van der Waals surface area contributed by atoms with Crippen molar-refractivity contribution in [2.45, 2.75) is 13.8 Å². The molecule has 0 unspecified atom stereocenters. The Hall–Kier alpha value is 1.30. The van der Waals surface area contributed by atoms with E-state index >= 15 is 0 Å². The van der Waals surface area contributed by atoms with Crippen LogP contribution < -0.4 is 5.73 Å². The van der Waals surface area contributed by atoms with Crippen LogP contribution >= 0.6 is 12.2 Å². The van der Waals surface area contributed by atoms with Gasteiger partial charge in [-0.15, -0.1) is 0 Å². The van der Waals surface area contributed by atoms with Gasteiger partial charge in [-0.3, -0.25) is 0 Å². The van der Waals surface area contributed by atoms with E-state index in [2.05, 4.69) is 44.4 Å². The molecule has 0 saturated heterocycles. The second kappa shape index (κ2) is 34.6. The number of hydrogen-bond donors (Lipinski definition) is 1. The van der Waals surface area contributed by atoms with E-state index in [1.165, 1.54) is 0 Å². The number of hydrogen-bond acceptors (Lipinski definition) is 2. The first-order valence-corrected chi connectivity index (χ1v) is 2.93. The summed E-state index contributed by atoms with van der Waals surface area (Å²) in [6.07, 6.45) is 0. The quantitative estimate of drug-likeness (QED) is 0.415. The first kappa shape index (κ1) is 22.4. The Kier molecular flexibility index (Phi) is 86.4. The molecule has 0 spiro atoms. The number of thiocarbonyl (C=S) groups is 1. The third-order valence-electron chi connectivity index (χ3n) is 0. The van der Waals surface area contributed by atoms with Gasteiger partial charge in [0.05, 0.1) is 0 Å². The Morgan fingerprint density at radius 2 is 1.33 bits per heavy atom. The molecule has 2 N–H and O–H groups in total. The second-order valence-corrected chi connectivity index (χ2v) is 1.46. The fourth-order valence-electron chi connectivity index (χ4n) is 0. The van der Waals surface area contributed by atoms with Gasteiger partial charge >= 0.3 is 35.6 Å². The van der Waals surface area contributed by atoms with Crippen LogP contribution in [0.4, 0.5) is 0 Å². The van der Waals surface area contributed by atoms with Crippen LogP contribution in [0.15, 0.2) is 0 Å². The van der Waals surface area contributed by atoms with Crippen LogP contribution in [0.2, 0.25) is 0 Å². The molecule has 0 fully saturated rings. The van der Waals surface area contributed by atoms with Gasteiger partial charge in [0.25, 0.3) is 0 Å². The minimum Gasteiger partial charge on any atom is -0.415 e. The zero-order valence-corrected chi connectivity index (χ0v) is 11.1. The molecule has 0 atom stereocenters. The molecule has 0 aliphatic heterocycles. The molecule has 0 aliphatic rings. The molecule has 0 saturated carbocycles. The largest absolute Gasteiger partial charge is 3.00 e. The van der Waals surface area contributed by atoms with Crippen molar-refractivity contribution in [3.63, 3.8) is 0 Å². The van der Waals surface area contributed by atoms with Gasteiger partial charge in [-0.05, 0) is 0 Å².